The zero-order valence-corrected chi connectivity index (χ0v) is 16.9. The third-order valence-corrected chi connectivity index (χ3v) is 5.78. The van der Waals surface area contributed by atoms with Crippen LogP contribution in [0.4, 0.5) is 4.39 Å². The highest BCUT2D eigenvalue weighted by atomic mass is 32.2. The molecule has 152 valence electrons. The zero-order chi connectivity index (χ0) is 21.4. The number of nitrogens with zero attached hydrogens (tertiary/aromatic N) is 4. The first-order chi connectivity index (χ1) is 15.1. The molecule has 6 nitrogen and oxygen atoms in total. The number of pyridine rings is 1. The SMILES string of the molecule is O=c1c2ccccc2nc(SCc2cc(=O)n3ccccc3n2)n1-c1ccccc1F. The Morgan fingerprint density at radius 2 is 1.68 bits per heavy atom. The highest BCUT2D eigenvalue weighted by Crippen LogP contribution is 2.25. The molecule has 31 heavy (non-hydrogen) atoms. The van der Waals surface area contributed by atoms with E-state index in [1.807, 2.05) is 0 Å². The Kier molecular flexibility index (Phi) is 4.83. The average molecular weight is 430 g/mol. The van der Waals surface area contributed by atoms with Gasteiger partial charge < -0.3 is 0 Å². The lowest BCUT2D eigenvalue weighted by Gasteiger charge is -2.13. The Balaban J connectivity index is 1.63. The van der Waals surface area contributed by atoms with E-state index in [-0.39, 0.29) is 16.8 Å². The molecule has 0 fully saturated rings. The number of benzene rings is 2. The summed E-state index contributed by atoms with van der Waals surface area (Å²) in [6.07, 6.45) is 1.66. The quantitative estimate of drug-likeness (QED) is 0.320. The minimum Gasteiger partial charge on any atom is -0.269 e. The second-order valence-corrected chi connectivity index (χ2v) is 7.75. The van der Waals surface area contributed by atoms with Gasteiger partial charge in [-0.05, 0) is 36.4 Å². The molecule has 0 aliphatic heterocycles. The molecule has 5 aromatic rings. The molecule has 0 N–H and O–H groups in total. The number of para-hydroxylation sites is 2. The second-order valence-electron chi connectivity index (χ2n) is 6.81. The van der Waals surface area contributed by atoms with E-state index in [2.05, 4.69) is 9.97 Å². The number of hydrogen-bond acceptors (Lipinski definition) is 5. The second kappa shape index (κ2) is 7.81. The molecule has 8 heteroatoms. The molecule has 0 aliphatic carbocycles. The molecular weight excluding hydrogens is 415 g/mol. The van der Waals surface area contributed by atoms with Crippen molar-refractivity contribution in [3.8, 4) is 5.69 Å². The molecule has 0 bridgehead atoms. The Morgan fingerprint density at radius 3 is 2.55 bits per heavy atom. The van der Waals surface area contributed by atoms with Crippen LogP contribution in [-0.2, 0) is 5.75 Å². The Labute approximate surface area is 179 Å². The monoisotopic (exact) mass is 430 g/mol. The van der Waals surface area contributed by atoms with Gasteiger partial charge in [0.25, 0.3) is 11.1 Å². The maximum Gasteiger partial charge on any atom is 0.266 e. The lowest BCUT2D eigenvalue weighted by molar-refractivity contribution is 0.608. The first-order valence-electron chi connectivity index (χ1n) is 9.48. The van der Waals surface area contributed by atoms with E-state index < -0.39 is 5.82 Å². The number of thioether (sulfide) groups is 1. The molecule has 3 heterocycles. The molecule has 0 aliphatic rings. The Hall–Kier alpha value is -3.78. The highest BCUT2D eigenvalue weighted by Gasteiger charge is 2.16. The molecule has 0 unspecified atom stereocenters. The highest BCUT2D eigenvalue weighted by molar-refractivity contribution is 7.98. The lowest BCUT2D eigenvalue weighted by Crippen LogP contribution is -2.22. The fourth-order valence-electron chi connectivity index (χ4n) is 3.37. The molecule has 0 atom stereocenters. The molecule has 0 amide bonds. The van der Waals surface area contributed by atoms with Crippen LogP contribution in [-0.4, -0.2) is 18.9 Å². The van der Waals surface area contributed by atoms with Gasteiger partial charge in [0.15, 0.2) is 5.16 Å². The van der Waals surface area contributed by atoms with Crippen molar-refractivity contribution >= 4 is 28.3 Å². The van der Waals surface area contributed by atoms with Crippen LogP contribution in [0.15, 0.2) is 93.7 Å². The van der Waals surface area contributed by atoms with E-state index in [1.165, 1.54) is 38.9 Å². The van der Waals surface area contributed by atoms with Crippen molar-refractivity contribution in [2.24, 2.45) is 0 Å². The van der Waals surface area contributed by atoms with Crippen LogP contribution in [0, 0.1) is 5.82 Å². The molecule has 0 saturated heterocycles. The van der Waals surface area contributed by atoms with Gasteiger partial charge in [-0.25, -0.2) is 14.4 Å². The summed E-state index contributed by atoms with van der Waals surface area (Å²) in [5, 5.41) is 0.723. The van der Waals surface area contributed by atoms with Crippen molar-refractivity contribution < 1.29 is 4.39 Å². The van der Waals surface area contributed by atoms with E-state index in [1.54, 1.807) is 60.8 Å². The van der Waals surface area contributed by atoms with Crippen LogP contribution >= 0.6 is 11.8 Å². The van der Waals surface area contributed by atoms with E-state index in [0.717, 1.165) is 0 Å². The summed E-state index contributed by atoms with van der Waals surface area (Å²) >= 11 is 1.22. The van der Waals surface area contributed by atoms with Gasteiger partial charge >= 0.3 is 0 Å². The van der Waals surface area contributed by atoms with Gasteiger partial charge in [-0.15, -0.1) is 0 Å². The van der Waals surface area contributed by atoms with Crippen molar-refractivity contribution in [1.29, 1.82) is 0 Å². The van der Waals surface area contributed by atoms with E-state index in [0.29, 0.717) is 33.2 Å². The van der Waals surface area contributed by atoms with Gasteiger partial charge in [0.05, 0.1) is 22.3 Å². The largest absolute Gasteiger partial charge is 0.269 e. The van der Waals surface area contributed by atoms with Gasteiger partial charge in [0, 0.05) is 18.0 Å². The molecule has 5 rings (SSSR count). The molecule has 0 saturated carbocycles. The smallest absolute Gasteiger partial charge is 0.266 e. The average Bonchev–Trinajstić information content (AvgIpc) is 2.79. The standard InChI is InChI=1S/C23H15FN4O2S/c24-17-8-2-4-10-19(17)28-22(30)16-7-1-3-9-18(16)26-23(28)31-14-15-13-21(29)27-12-6-5-11-20(27)25-15/h1-13H,14H2. The fourth-order valence-corrected chi connectivity index (χ4v) is 4.27. The summed E-state index contributed by atoms with van der Waals surface area (Å²) in [5.41, 5.74) is 1.17. The van der Waals surface area contributed by atoms with Crippen LogP contribution < -0.4 is 11.1 Å². The number of halogens is 1. The zero-order valence-electron chi connectivity index (χ0n) is 16.1. The molecule has 0 spiro atoms. The van der Waals surface area contributed by atoms with Crippen molar-refractivity contribution in [3.05, 3.63) is 111 Å². The summed E-state index contributed by atoms with van der Waals surface area (Å²) in [4.78, 5) is 34.7. The predicted molar refractivity (Wildman–Crippen MR) is 118 cm³/mol. The fraction of sp³-hybridized carbons (Fsp3) is 0.0435. The van der Waals surface area contributed by atoms with Crippen molar-refractivity contribution in [2.45, 2.75) is 10.9 Å². The normalized spacial score (nSPS) is 11.3. The van der Waals surface area contributed by atoms with Crippen LogP contribution in [0.1, 0.15) is 5.69 Å². The number of rotatable bonds is 4. The van der Waals surface area contributed by atoms with Crippen molar-refractivity contribution in [3.63, 3.8) is 0 Å². The van der Waals surface area contributed by atoms with Crippen molar-refractivity contribution in [2.75, 3.05) is 0 Å². The van der Waals surface area contributed by atoms with Crippen LogP contribution in [0.3, 0.4) is 0 Å². The minimum absolute atomic E-state index is 0.125. The van der Waals surface area contributed by atoms with E-state index in [4.69, 9.17) is 0 Å². The Morgan fingerprint density at radius 1 is 0.903 bits per heavy atom. The number of fused-ring (bicyclic) bond motifs is 2. The van der Waals surface area contributed by atoms with Gasteiger partial charge in [-0.2, -0.15) is 0 Å². The topological polar surface area (TPSA) is 69.3 Å². The molecular formula is C23H15FN4O2S. The first-order valence-corrected chi connectivity index (χ1v) is 10.5. The Bertz CT molecular complexity index is 1560. The van der Waals surface area contributed by atoms with Gasteiger partial charge in [0.2, 0.25) is 0 Å². The van der Waals surface area contributed by atoms with Crippen LogP contribution in [0.25, 0.3) is 22.2 Å². The minimum atomic E-state index is -0.523. The van der Waals surface area contributed by atoms with Gasteiger partial charge in [-0.3, -0.25) is 18.6 Å². The first kappa shape index (κ1) is 19.2. The van der Waals surface area contributed by atoms with Crippen LogP contribution in [0.2, 0.25) is 0 Å². The summed E-state index contributed by atoms with van der Waals surface area (Å²) in [7, 11) is 0. The van der Waals surface area contributed by atoms with Crippen molar-refractivity contribution in [1.82, 2.24) is 18.9 Å². The summed E-state index contributed by atoms with van der Waals surface area (Å²) in [6.45, 7) is 0. The van der Waals surface area contributed by atoms with E-state index >= 15 is 0 Å². The van der Waals surface area contributed by atoms with Gasteiger partial charge in [0.1, 0.15) is 11.5 Å². The third-order valence-electron chi connectivity index (χ3n) is 4.81. The summed E-state index contributed by atoms with van der Waals surface area (Å²) < 4.78 is 17.3. The summed E-state index contributed by atoms with van der Waals surface area (Å²) in [6, 6.07) is 19.8. The molecule has 3 aromatic heterocycles. The third kappa shape index (κ3) is 3.51. The molecule has 2 aromatic carbocycles. The maximum absolute atomic E-state index is 14.6. The predicted octanol–water partition coefficient (Wildman–Crippen LogP) is 3.83. The number of hydrogen-bond donors (Lipinski definition) is 0. The number of aromatic nitrogens is 4. The van der Waals surface area contributed by atoms with Gasteiger partial charge in [-0.1, -0.05) is 42.1 Å². The lowest BCUT2D eigenvalue weighted by atomic mass is 10.2. The maximum atomic E-state index is 14.6. The molecule has 0 radical (unpaired) electrons. The van der Waals surface area contributed by atoms with Crippen LogP contribution in [0.5, 0.6) is 0 Å². The summed E-state index contributed by atoms with van der Waals surface area (Å²) in [5.74, 6) is -0.231. The van der Waals surface area contributed by atoms with E-state index in [9.17, 15) is 14.0 Å².